The van der Waals surface area contributed by atoms with Gasteiger partial charge in [0.1, 0.15) is 35.0 Å². The zero-order valence-electron chi connectivity index (χ0n) is 42.5. The van der Waals surface area contributed by atoms with Crippen molar-refractivity contribution in [2.75, 3.05) is 7.05 Å². The number of rotatable bonds is 8. The summed E-state index contributed by atoms with van der Waals surface area (Å²) in [7, 11) is 6.16. The summed E-state index contributed by atoms with van der Waals surface area (Å²) < 4.78 is 15.3. The van der Waals surface area contributed by atoms with E-state index >= 15 is 0 Å². The lowest BCUT2D eigenvalue weighted by Gasteiger charge is -2.25. The summed E-state index contributed by atoms with van der Waals surface area (Å²) in [6.45, 7) is 2.29. The first-order valence-electron chi connectivity index (χ1n) is 26.0. The molecule has 13 nitrogen and oxygen atoms in total. The molecule has 0 N–H and O–H groups in total. The summed E-state index contributed by atoms with van der Waals surface area (Å²) in [6, 6.07) is 45.9. The first-order valence-corrected chi connectivity index (χ1v) is 26.0. The summed E-state index contributed by atoms with van der Waals surface area (Å²) in [5, 5.41) is 20.3. The highest BCUT2D eigenvalue weighted by atomic mass is 16.3. The van der Waals surface area contributed by atoms with Crippen molar-refractivity contribution in [2.45, 2.75) is 45.1 Å². The molecule has 0 saturated heterocycles. The summed E-state index contributed by atoms with van der Waals surface area (Å²) in [4.78, 5) is 18.5. The number of para-hydroxylation sites is 1. The Bertz CT molecular complexity index is 4530. The lowest BCUT2D eigenvalue weighted by Crippen LogP contribution is -2.22. The molecule has 0 radical (unpaired) electrons. The summed E-state index contributed by atoms with van der Waals surface area (Å²) >= 11 is 0. The van der Waals surface area contributed by atoms with Gasteiger partial charge < -0.3 is 27.6 Å². The Hall–Kier alpha value is -9.49. The smallest absolute Gasteiger partial charge is 0.163 e. The van der Waals surface area contributed by atoms with Crippen LogP contribution >= 0.6 is 0 Å². The van der Waals surface area contributed by atoms with E-state index in [0.717, 1.165) is 155 Å². The van der Waals surface area contributed by atoms with Gasteiger partial charge in [0.25, 0.3) is 0 Å². The van der Waals surface area contributed by atoms with Crippen molar-refractivity contribution in [1.29, 1.82) is 0 Å². The fourth-order valence-corrected chi connectivity index (χ4v) is 12.0. The number of pyridine rings is 2. The number of hydrogen-bond donors (Lipinski definition) is 0. The molecule has 1 aliphatic carbocycles. The van der Waals surface area contributed by atoms with Gasteiger partial charge in [-0.3, -0.25) is 4.98 Å². The third-order valence-electron chi connectivity index (χ3n) is 16.0. The Morgan fingerprint density at radius 2 is 1.38 bits per heavy atom. The topological polar surface area (TPSA) is 126 Å². The summed E-state index contributed by atoms with van der Waals surface area (Å²) in [6.07, 6.45) is 16.8. The molecule has 7 aromatic heterocycles. The molecule has 76 heavy (non-hydrogen) atoms. The van der Waals surface area contributed by atoms with Gasteiger partial charge in [0.05, 0.1) is 39.1 Å². The Morgan fingerprint density at radius 3 is 2.22 bits per heavy atom. The molecule has 15 rings (SSSR count). The Balaban J connectivity index is 0.848. The first-order chi connectivity index (χ1) is 37.3. The summed E-state index contributed by atoms with van der Waals surface area (Å²) in [5.74, 6) is 1.71. The molecule has 1 atom stereocenters. The minimum Gasteiger partial charge on any atom is -0.456 e. The van der Waals surface area contributed by atoms with Crippen LogP contribution in [0.25, 0.3) is 106 Å². The Labute approximate surface area is 437 Å². The van der Waals surface area contributed by atoms with Crippen molar-refractivity contribution in [3.05, 3.63) is 193 Å². The van der Waals surface area contributed by atoms with Gasteiger partial charge in [0.15, 0.2) is 11.6 Å². The van der Waals surface area contributed by atoms with Crippen molar-refractivity contribution in [3.8, 4) is 34.0 Å². The van der Waals surface area contributed by atoms with Crippen molar-refractivity contribution < 1.29 is 4.42 Å². The average Bonchev–Trinajstić information content (AvgIpc) is 4.38. The van der Waals surface area contributed by atoms with E-state index < -0.39 is 0 Å². The normalized spacial score (nSPS) is 15.8. The van der Waals surface area contributed by atoms with Gasteiger partial charge in [0, 0.05) is 83.3 Å². The van der Waals surface area contributed by atoms with E-state index in [9.17, 15) is 0 Å². The van der Waals surface area contributed by atoms with Crippen LogP contribution < -0.4 is 0 Å². The van der Waals surface area contributed by atoms with Gasteiger partial charge >= 0.3 is 0 Å². The predicted molar refractivity (Wildman–Crippen MR) is 303 cm³/mol. The maximum atomic E-state index is 6.58. The molecule has 1 unspecified atom stereocenters. The second-order valence-electron chi connectivity index (χ2n) is 20.5. The summed E-state index contributed by atoms with van der Waals surface area (Å²) in [5.41, 5.74) is 21.8. The third-order valence-corrected chi connectivity index (χ3v) is 16.0. The zero-order valence-corrected chi connectivity index (χ0v) is 42.5. The van der Waals surface area contributed by atoms with Gasteiger partial charge in [-0.25, -0.2) is 9.98 Å². The van der Waals surface area contributed by atoms with E-state index in [0.29, 0.717) is 6.04 Å². The van der Waals surface area contributed by atoms with Crippen LogP contribution in [0, 0.1) is 0 Å². The van der Waals surface area contributed by atoms with E-state index in [1.807, 2.05) is 35.5 Å². The van der Waals surface area contributed by atoms with Crippen molar-refractivity contribution in [2.24, 2.45) is 19.1 Å². The molecule has 3 aliphatic rings. The van der Waals surface area contributed by atoms with Crippen LogP contribution in [0.1, 0.15) is 60.8 Å². The number of aryl methyl sites for hydroxylation is 2. The van der Waals surface area contributed by atoms with E-state index in [-0.39, 0.29) is 0 Å². The Morgan fingerprint density at radius 1 is 0.605 bits per heavy atom. The zero-order chi connectivity index (χ0) is 50.8. The van der Waals surface area contributed by atoms with E-state index in [1.165, 1.54) is 22.4 Å². The molecule has 0 spiro atoms. The molecule has 2 aliphatic heterocycles. The fraction of sp³-hybridized carbons (Fsp3) is 0.159. The van der Waals surface area contributed by atoms with Gasteiger partial charge in [-0.05, 0) is 152 Å². The molecular weight excluding hydrogens is 941 g/mol. The number of hydrogen-bond acceptors (Lipinski definition) is 9. The van der Waals surface area contributed by atoms with Gasteiger partial charge in [-0.15, -0.1) is 20.4 Å². The van der Waals surface area contributed by atoms with Crippen LogP contribution in [-0.4, -0.2) is 72.3 Å². The largest absolute Gasteiger partial charge is 0.456 e. The number of furan rings is 1. The van der Waals surface area contributed by atoms with Crippen LogP contribution in [-0.2, 0) is 20.5 Å². The van der Waals surface area contributed by atoms with E-state index in [1.54, 1.807) is 12.7 Å². The quantitative estimate of drug-likeness (QED) is 0.147. The van der Waals surface area contributed by atoms with Gasteiger partial charge in [0.2, 0.25) is 0 Å². The molecule has 5 aromatic carbocycles. The molecule has 12 aromatic rings. The minimum absolute atomic E-state index is 0.427. The SMILES string of the molecule is CC1CC=C(c2ccccc2-n2c3c(c4nc(-c5cccc(-c6nncn6C)c5)ccc42)N=C(c2ccc4oc5ccc(-n6c7ccc(C8=CCCC(c9nncn9C)=C8)cc7c7ncccc76)cc5c4c2)CC3)N1C. The molecule has 13 heteroatoms. The fourth-order valence-electron chi connectivity index (χ4n) is 12.0. The lowest BCUT2D eigenvalue weighted by molar-refractivity contribution is 0.399. The van der Waals surface area contributed by atoms with Crippen molar-refractivity contribution >= 4 is 83.2 Å². The monoisotopic (exact) mass is 990 g/mol. The highest BCUT2D eigenvalue weighted by molar-refractivity contribution is 6.13. The lowest BCUT2D eigenvalue weighted by atomic mass is 9.93. The highest BCUT2D eigenvalue weighted by Gasteiger charge is 2.29. The number of aliphatic imine (C=N–C) groups is 1. The molecule has 9 heterocycles. The number of aromatic nitrogens is 10. The predicted octanol–water partition coefficient (Wildman–Crippen LogP) is 13.4. The molecule has 368 valence electrons. The second kappa shape index (κ2) is 17.0. The first kappa shape index (κ1) is 44.0. The molecule has 0 bridgehead atoms. The molecule has 0 amide bonds. The minimum atomic E-state index is 0.427. The maximum Gasteiger partial charge on any atom is 0.163 e. The standard InChI is InChI=1S/C63H50N12O/c1-37-17-23-51(73(37)4)45-14-5-6-15-52(45)75-55-25-21-49(40-11-8-13-43(31-40)63-70-66-36-72(63)3)67-60(55)61-56(75)26-22-50(68-61)41-19-27-57-46(33-41)47-34-44(20-28-58(47)76-57)74-53-24-18-39(32-48(53)59-54(74)16-9-29-64-59)38-10-7-12-42(30-38)62-69-65-35-71(62)2/h5-6,8-11,13-16,18-21,23-25,27-37H,7,12,17,22,26H2,1-4H3. The molecular formula is C63H50N12O. The van der Waals surface area contributed by atoms with Crippen LogP contribution in [0.4, 0.5) is 5.69 Å². The van der Waals surface area contributed by atoms with Crippen molar-refractivity contribution in [1.82, 2.24) is 53.5 Å². The van der Waals surface area contributed by atoms with Crippen molar-refractivity contribution in [3.63, 3.8) is 0 Å². The van der Waals surface area contributed by atoms with Crippen LogP contribution in [0.5, 0.6) is 0 Å². The average molecular weight is 991 g/mol. The number of benzene rings is 5. The van der Waals surface area contributed by atoms with E-state index in [2.05, 4.69) is 188 Å². The molecule has 0 fully saturated rings. The van der Waals surface area contributed by atoms with Crippen LogP contribution in [0.2, 0.25) is 0 Å². The number of fused-ring (bicyclic) bond motifs is 9. The number of nitrogens with zero attached hydrogens (tertiary/aromatic N) is 12. The molecule has 0 saturated carbocycles. The van der Waals surface area contributed by atoms with Gasteiger partial charge in [-0.1, -0.05) is 54.6 Å². The number of allylic oxidation sites excluding steroid dienone is 4. The van der Waals surface area contributed by atoms with Crippen LogP contribution in [0.3, 0.4) is 0 Å². The maximum absolute atomic E-state index is 6.58. The Kier molecular flexibility index (Phi) is 9.87. The van der Waals surface area contributed by atoms with Gasteiger partial charge in [-0.2, -0.15) is 0 Å². The third kappa shape index (κ3) is 6.88. The second-order valence-corrected chi connectivity index (χ2v) is 20.5. The van der Waals surface area contributed by atoms with Crippen LogP contribution in [0.15, 0.2) is 174 Å². The van der Waals surface area contributed by atoms with E-state index in [4.69, 9.17) is 19.4 Å². The highest BCUT2D eigenvalue weighted by Crippen LogP contribution is 2.44.